The minimum absolute atomic E-state index is 0.468. The van der Waals surface area contributed by atoms with Gasteiger partial charge in [0.05, 0.1) is 6.10 Å². The van der Waals surface area contributed by atoms with Crippen LogP contribution in [0.4, 0.5) is 0 Å². The SMILES string of the molecule is CCCOC1CC=C(C)C1C. The van der Waals surface area contributed by atoms with Gasteiger partial charge >= 0.3 is 0 Å². The lowest BCUT2D eigenvalue weighted by atomic mass is 10.0. The molecule has 2 unspecified atom stereocenters. The van der Waals surface area contributed by atoms with Gasteiger partial charge in [0, 0.05) is 12.5 Å². The molecule has 0 aromatic rings. The van der Waals surface area contributed by atoms with Gasteiger partial charge in [0.15, 0.2) is 0 Å². The fourth-order valence-corrected chi connectivity index (χ4v) is 1.47. The molecule has 0 fully saturated rings. The number of ether oxygens (including phenoxy) is 1. The number of hydrogen-bond acceptors (Lipinski definition) is 1. The molecule has 0 aromatic heterocycles. The molecule has 11 heavy (non-hydrogen) atoms. The third kappa shape index (κ3) is 2.06. The molecular weight excluding hydrogens is 136 g/mol. The minimum atomic E-state index is 0.468. The highest BCUT2D eigenvalue weighted by Crippen LogP contribution is 2.27. The molecule has 1 heteroatoms. The summed E-state index contributed by atoms with van der Waals surface area (Å²) < 4.78 is 5.68. The van der Waals surface area contributed by atoms with Crippen molar-refractivity contribution in [3.63, 3.8) is 0 Å². The molecule has 1 aliphatic carbocycles. The van der Waals surface area contributed by atoms with Gasteiger partial charge in [-0.1, -0.05) is 25.5 Å². The Hall–Kier alpha value is -0.300. The zero-order valence-corrected chi connectivity index (χ0v) is 7.76. The third-order valence-electron chi connectivity index (χ3n) is 2.48. The van der Waals surface area contributed by atoms with E-state index >= 15 is 0 Å². The van der Waals surface area contributed by atoms with Crippen molar-refractivity contribution in [3.8, 4) is 0 Å². The maximum Gasteiger partial charge on any atom is 0.0672 e. The van der Waals surface area contributed by atoms with Crippen LogP contribution >= 0.6 is 0 Å². The molecule has 0 aliphatic heterocycles. The van der Waals surface area contributed by atoms with E-state index in [-0.39, 0.29) is 0 Å². The normalized spacial score (nSPS) is 30.6. The van der Waals surface area contributed by atoms with Crippen LogP contribution in [-0.2, 0) is 4.74 Å². The first-order chi connectivity index (χ1) is 5.25. The monoisotopic (exact) mass is 154 g/mol. The van der Waals surface area contributed by atoms with Crippen molar-refractivity contribution in [1.82, 2.24) is 0 Å². The number of hydrogen-bond donors (Lipinski definition) is 0. The van der Waals surface area contributed by atoms with E-state index in [1.54, 1.807) is 0 Å². The van der Waals surface area contributed by atoms with Crippen LogP contribution < -0.4 is 0 Å². The highest BCUT2D eigenvalue weighted by Gasteiger charge is 2.23. The molecule has 0 aromatic carbocycles. The van der Waals surface area contributed by atoms with Crippen molar-refractivity contribution in [3.05, 3.63) is 11.6 Å². The van der Waals surface area contributed by atoms with Crippen LogP contribution in [0, 0.1) is 5.92 Å². The lowest BCUT2D eigenvalue weighted by Crippen LogP contribution is -2.17. The Balaban J connectivity index is 2.29. The Kier molecular flexibility index (Phi) is 3.13. The first-order valence-electron chi connectivity index (χ1n) is 4.54. The summed E-state index contributed by atoms with van der Waals surface area (Å²) in [4.78, 5) is 0. The second-order valence-electron chi connectivity index (χ2n) is 3.38. The summed E-state index contributed by atoms with van der Waals surface area (Å²) in [6, 6.07) is 0. The first kappa shape index (κ1) is 8.79. The second-order valence-corrected chi connectivity index (χ2v) is 3.38. The molecule has 1 rings (SSSR count). The lowest BCUT2D eigenvalue weighted by Gasteiger charge is -2.17. The standard InChI is InChI=1S/C10H18O/c1-4-7-11-10-6-5-8(2)9(10)3/h5,9-10H,4,6-7H2,1-3H3. The van der Waals surface area contributed by atoms with E-state index in [0.717, 1.165) is 19.4 Å². The van der Waals surface area contributed by atoms with E-state index in [2.05, 4.69) is 26.8 Å². The van der Waals surface area contributed by atoms with E-state index < -0.39 is 0 Å². The van der Waals surface area contributed by atoms with Gasteiger partial charge in [-0.3, -0.25) is 0 Å². The van der Waals surface area contributed by atoms with Crippen molar-refractivity contribution in [2.45, 2.75) is 39.7 Å². The van der Waals surface area contributed by atoms with Gasteiger partial charge in [-0.2, -0.15) is 0 Å². The van der Waals surface area contributed by atoms with Crippen LogP contribution in [0.2, 0.25) is 0 Å². The van der Waals surface area contributed by atoms with Crippen molar-refractivity contribution < 1.29 is 4.74 Å². The molecular formula is C10H18O. The predicted octanol–water partition coefficient (Wildman–Crippen LogP) is 2.77. The molecule has 0 saturated heterocycles. The molecule has 0 bridgehead atoms. The van der Waals surface area contributed by atoms with Crippen LogP contribution in [-0.4, -0.2) is 12.7 Å². The van der Waals surface area contributed by atoms with Crippen molar-refractivity contribution in [2.24, 2.45) is 5.92 Å². The average Bonchev–Trinajstić information content (AvgIpc) is 2.31. The Labute approximate surface area is 69.4 Å². The zero-order chi connectivity index (χ0) is 8.27. The van der Waals surface area contributed by atoms with Crippen molar-refractivity contribution in [2.75, 3.05) is 6.61 Å². The van der Waals surface area contributed by atoms with Gasteiger partial charge in [-0.25, -0.2) is 0 Å². The van der Waals surface area contributed by atoms with Gasteiger partial charge < -0.3 is 4.74 Å². The fourth-order valence-electron chi connectivity index (χ4n) is 1.47. The maximum absolute atomic E-state index is 5.68. The van der Waals surface area contributed by atoms with Gasteiger partial charge in [0.25, 0.3) is 0 Å². The minimum Gasteiger partial charge on any atom is -0.377 e. The summed E-state index contributed by atoms with van der Waals surface area (Å²) in [6.45, 7) is 7.51. The molecule has 1 nitrogen and oxygen atoms in total. The maximum atomic E-state index is 5.68. The fraction of sp³-hybridized carbons (Fsp3) is 0.800. The quantitative estimate of drug-likeness (QED) is 0.568. The lowest BCUT2D eigenvalue weighted by molar-refractivity contribution is 0.0370. The van der Waals surface area contributed by atoms with Crippen molar-refractivity contribution in [1.29, 1.82) is 0 Å². The summed E-state index contributed by atoms with van der Waals surface area (Å²) in [5, 5.41) is 0. The third-order valence-corrected chi connectivity index (χ3v) is 2.48. The van der Waals surface area contributed by atoms with Gasteiger partial charge in [0.1, 0.15) is 0 Å². The molecule has 1 aliphatic rings. The van der Waals surface area contributed by atoms with Gasteiger partial charge in [-0.05, 0) is 19.8 Å². The molecule has 0 amide bonds. The average molecular weight is 154 g/mol. The second kappa shape index (κ2) is 3.91. The van der Waals surface area contributed by atoms with E-state index in [1.807, 2.05) is 0 Å². The van der Waals surface area contributed by atoms with E-state index in [4.69, 9.17) is 4.74 Å². The van der Waals surface area contributed by atoms with Gasteiger partial charge in [-0.15, -0.1) is 0 Å². The highest BCUT2D eigenvalue weighted by molar-refractivity contribution is 5.12. The van der Waals surface area contributed by atoms with Crippen LogP contribution in [0.25, 0.3) is 0 Å². The first-order valence-corrected chi connectivity index (χ1v) is 4.54. The molecule has 2 atom stereocenters. The molecule has 0 radical (unpaired) electrons. The summed E-state index contributed by atoms with van der Waals surface area (Å²) in [5.41, 5.74) is 1.49. The topological polar surface area (TPSA) is 9.23 Å². The van der Waals surface area contributed by atoms with Crippen LogP contribution in [0.1, 0.15) is 33.6 Å². The molecule has 0 saturated carbocycles. The van der Waals surface area contributed by atoms with Crippen molar-refractivity contribution >= 4 is 0 Å². The Morgan fingerprint density at radius 3 is 2.82 bits per heavy atom. The molecule has 0 N–H and O–H groups in total. The van der Waals surface area contributed by atoms with Crippen LogP contribution in [0.15, 0.2) is 11.6 Å². The highest BCUT2D eigenvalue weighted by atomic mass is 16.5. The predicted molar refractivity (Wildman–Crippen MR) is 47.6 cm³/mol. The number of rotatable bonds is 3. The Morgan fingerprint density at radius 1 is 1.64 bits per heavy atom. The Morgan fingerprint density at radius 2 is 2.36 bits per heavy atom. The van der Waals surface area contributed by atoms with E-state index in [0.29, 0.717) is 12.0 Å². The Bertz CT molecular complexity index is 149. The van der Waals surface area contributed by atoms with E-state index in [9.17, 15) is 0 Å². The summed E-state index contributed by atoms with van der Waals surface area (Å²) >= 11 is 0. The largest absolute Gasteiger partial charge is 0.377 e. The van der Waals surface area contributed by atoms with Crippen LogP contribution in [0.3, 0.4) is 0 Å². The summed E-state index contributed by atoms with van der Waals surface area (Å²) in [6.07, 6.45) is 5.01. The van der Waals surface area contributed by atoms with Gasteiger partial charge in [0.2, 0.25) is 0 Å². The summed E-state index contributed by atoms with van der Waals surface area (Å²) in [5.74, 6) is 0.640. The summed E-state index contributed by atoms with van der Waals surface area (Å²) in [7, 11) is 0. The zero-order valence-electron chi connectivity index (χ0n) is 7.76. The molecule has 0 spiro atoms. The smallest absolute Gasteiger partial charge is 0.0672 e. The molecule has 0 heterocycles. The van der Waals surface area contributed by atoms with Crippen LogP contribution in [0.5, 0.6) is 0 Å². The molecule has 64 valence electrons. The van der Waals surface area contributed by atoms with E-state index in [1.165, 1.54) is 5.57 Å².